The Balaban J connectivity index is 2.56. The second kappa shape index (κ2) is 4.25. The van der Waals surface area contributed by atoms with Crippen LogP contribution in [0.5, 0.6) is 0 Å². The lowest BCUT2D eigenvalue weighted by Crippen LogP contribution is -2.09. The van der Waals surface area contributed by atoms with E-state index in [1.807, 2.05) is 13.1 Å². The number of pyridine rings is 1. The second-order valence-electron chi connectivity index (χ2n) is 3.37. The number of fused-ring (bicyclic) bond motifs is 1. The van der Waals surface area contributed by atoms with Gasteiger partial charge in [0.25, 0.3) is 0 Å². The lowest BCUT2D eigenvalue weighted by Gasteiger charge is -2.03. The minimum Gasteiger partial charge on any atom is -0.461 e. The first kappa shape index (κ1) is 11.1. The van der Waals surface area contributed by atoms with Crippen molar-refractivity contribution in [2.75, 3.05) is 6.61 Å². The lowest BCUT2D eigenvalue weighted by molar-refractivity contribution is 0.0516. The van der Waals surface area contributed by atoms with Crippen LogP contribution in [-0.4, -0.2) is 22.1 Å². The van der Waals surface area contributed by atoms with Crippen LogP contribution in [0.15, 0.2) is 22.8 Å². The van der Waals surface area contributed by atoms with Gasteiger partial charge in [-0.25, -0.2) is 4.79 Å². The molecule has 0 aliphatic rings. The molecule has 2 aromatic heterocycles. The molecule has 0 bridgehead atoms. The van der Waals surface area contributed by atoms with Crippen molar-refractivity contribution < 1.29 is 9.53 Å². The quantitative estimate of drug-likeness (QED) is 0.795. The topological polar surface area (TPSA) is 44.1 Å². The van der Waals surface area contributed by atoms with Gasteiger partial charge in [0.05, 0.1) is 17.6 Å². The third-order valence-corrected chi connectivity index (χ3v) is 2.78. The average Bonchev–Trinajstić information content (AvgIpc) is 2.57. The van der Waals surface area contributed by atoms with Crippen molar-refractivity contribution >= 4 is 32.9 Å². The van der Waals surface area contributed by atoms with Gasteiger partial charge in [0.1, 0.15) is 5.69 Å². The summed E-state index contributed by atoms with van der Waals surface area (Å²) in [5, 5.41) is 0. The van der Waals surface area contributed by atoms with Crippen LogP contribution in [0, 0.1) is 0 Å². The average molecular weight is 283 g/mol. The molecule has 84 valence electrons. The van der Waals surface area contributed by atoms with Crippen LogP contribution in [0.3, 0.4) is 0 Å². The van der Waals surface area contributed by atoms with E-state index in [2.05, 4.69) is 20.9 Å². The normalized spacial score (nSPS) is 10.7. The Hall–Kier alpha value is -1.36. The predicted molar refractivity (Wildman–Crippen MR) is 64.4 cm³/mol. The Labute approximate surface area is 101 Å². The van der Waals surface area contributed by atoms with Crippen molar-refractivity contribution in [3.8, 4) is 0 Å². The van der Waals surface area contributed by atoms with Gasteiger partial charge in [-0.1, -0.05) is 0 Å². The third kappa shape index (κ3) is 1.82. The number of halogens is 1. The van der Waals surface area contributed by atoms with Gasteiger partial charge < -0.3 is 9.30 Å². The molecule has 0 atom stereocenters. The molecule has 0 saturated carbocycles. The van der Waals surface area contributed by atoms with E-state index in [0.717, 1.165) is 15.5 Å². The molecule has 2 heterocycles. The molecule has 0 fully saturated rings. The van der Waals surface area contributed by atoms with Gasteiger partial charge >= 0.3 is 5.97 Å². The Bertz CT molecular complexity index is 548. The first-order valence-electron chi connectivity index (χ1n) is 4.91. The Kier molecular flexibility index (Phi) is 2.96. The first-order valence-corrected chi connectivity index (χ1v) is 5.71. The van der Waals surface area contributed by atoms with Crippen molar-refractivity contribution in [2.24, 2.45) is 7.05 Å². The molecule has 0 aliphatic heterocycles. The number of aromatic nitrogens is 2. The van der Waals surface area contributed by atoms with E-state index in [1.54, 1.807) is 23.8 Å². The molecular weight excluding hydrogens is 272 g/mol. The van der Waals surface area contributed by atoms with Gasteiger partial charge in [-0.3, -0.25) is 4.98 Å². The fourth-order valence-corrected chi connectivity index (χ4v) is 1.90. The maximum absolute atomic E-state index is 11.6. The van der Waals surface area contributed by atoms with Crippen LogP contribution in [-0.2, 0) is 11.8 Å². The van der Waals surface area contributed by atoms with Crippen LogP contribution in [0.2, 0.25) is 0 Å². The molecule has 4 nitrogen and oxygen atoms in total. The number of hydrogen-bond acceptors (Lipinski definition) is 3. The molecule has 0 radical (unpaired) electrons. The molecule has 0 aromatic carbocycles. The summed E-state index contributed by atoms with van der Waals surface area (Å²) in [6, 6.07) is 3.66. The minimum absolute atomic E-state index is 0.320. The van der Waals surface area contributed by atoms with Crippen molar-refractivity contribution in [1.82, 2.24) is 9.55 Å². The van der Waals surface area contributed by atoms with E-state index >= 15 is 0 Å². The number of esters is 1. The maximum Gasteiger partial charge on any atom is 0.355 e. The van der Waals surface area contributed by atoms with Gasteiger partial charge in [-0.05, 0) is 35.0 Å². The van der Waals surface area contributed by atoms with Gasteiger partial charge in [0.15, 0.2) is 0 Å². The van der Waals surface area contributed by atoms with E-state index in [4.69, 9.17) is 4.74 Å². The number of carbonyl (C=O) groups is 1. The van der Waals surface area contributed by atoms with E-state index in [9.17, 15) is 4.79 Å². The standard InChI is InChI=1S/C11H11BrN2O2/c1-3-16-11(15)10-5-8-9(14(10)2)4-7(12)6-13-8/h4-6H,3H2,1-2H3. The van der Waals surface area contributed by atoms with Crippen LogP contribution in [0.25, 0.3) is 11.0 Å². The summed E-state index contributed by atoms with van der Waals surface area (Å²) in [7, 11) is 1.82. The Morgan fingerprint density at radius 2 is 2.31 bits per heavy atom. The zero-order valence-electron chi connectivity index (χ0n) is 9.03. The van der Waals surface area contributed by atoms with E-state index < -0.39 is 0 Å². The van der Waals surface area contributed by atoms with Crippen molar-refractivity contribution in [3.63, 3.8) is 0 Å². The van der Waals surface area contributed by atoms with E-state index in [0.29, 0.717) is 12.3 Å². The summed E-state index contributed by atoms with van der Waals surface area (Å²) >= 11 is 3.35. The fourth-order valence-electron chi connectivity index (χ4n) is 1.58. The predicted octanol–water partition coefficient (Wildman–Crippen LogP) is 2.51. The van der Waals surface area contributed by atoms with Crippen molar-refractivity contribution in [2.45, 2.75) is 6.92 Å². The molecule has 0 saturated heterocycles. The van der Waals surface area contributed by atoms with Gasteiger partial charge in [-0.2, -0.15) is 0 Å². The first-order chi connectivity index (χ1) is 7.63. The Morgan fingerprint density at radius 3 is 3.00 bits per heavy atom. The van der Waals surface area contributed by atoms with Gasteiger partial charge in [0.2, 0.25) is 0 Å². The smallest absolute Gasteiger partial charge is 0.355 e. The SMILES string of the molecule is CCOC(=O)c1cc2ncc(Br)cc2n1C. The summed E-state index contributed by atoms with van der Waals surface area (Å²) in [5.41, 5.74) is 2.20. The van der Waals surface area contributed by atoms with Crippen LogP contribution in [0.4, 0.5) is 0 Å². The molecule has 0 spiro atoms. The zero-order chi connectivity index (χ0) is 11.7. The number of hydrogen-bond donors (Lipinski definition) is 0. The number of aryl methyl sites for hydroxylation is 1. The molecular formula is C11H11BrN2O2. The molecule has 16 heavy (non-hydrogen) atoms. The lowest BCUT2D eigenvalue weighted by atomic mass is 10.4. The number of nitrogens with zero attached hydrogens (tertiary/aromatic N) is 2. The van der Waals surface area contributed by atoms with Crippen LogP contribution in [0.1, 0.15) is 17.4 Å². The minimum atomic E-state index is -0.320. The molecule has 5 heteroatoms. The third-order valence-electron chi connectivity index (χ3n) is 2.34. The summed E-state index contributed by atoms with van der Waals surface area (Å²) in [4.78, 5) is 15.9. The molecule has 0 aliphatic carbocycles. The molecule has 0 unspecified atom stereocenters. The highest BCUT2D eigenvalue weighted by Crippen LogP contribution is 2.20. The molecule has 2 rings (SSSR count). The molecule has 0 amide bonds. The monoisotopic (exact) mass is 282 g/mol. The number of rotatable bonds is 2. The van der Waals surface area contributed by atoms with E-state index in [-0.39, 0.29) is 5.97 Å². The number of carbonyl (C=O) groups excluding carboxylic acids is 1. The summed E-state index contributed by atoms with van der Waals surface area (Å²) < 4.78 is 7.64. The summed E-state index contributed by atoms with van der Waals surface area (Å²) in [5.74, 6) is -0.320. The van der Waals surface area contributed by atoms with E-state index in [1.165, 1.54) is 0 Å². The number of ether oxygens (including phenoxy) is 1. The molecule has 0 N–H and O–H groups in total. The highest BCUT2D eigenvalue weighted by atomic mass is 79.9. The highest BCUT2D eigenvalue weighted by Gasteiger charge is 2.14. The van der Waals surface area contributed by atoms with Gasteiger partial charge in [-0.15, -0.1) is 0 Å². The van der Waals surface area contributed by atoms with Crippen molar-refractivity contribution in [3.05, 3.63) is 28.5 Å². The van der Waals surface area contributed by atoms with Gasteiger partial charge in [0, 0.05) is 17.7 Å². The maximum atomic E-state index is 11.6. The van der Waals surface area contributed by atoms with Crippen LogP contribution >= 0.6 is 15.9 Å². The zero-order valence-corrected chi connectivity index (χ0v) is 10.6. The van der Waals surface area contributed by atoms with Crippen molar-refractivity contribution in [1.29, 1.82) is 0 Å². The second-order valence-corrected chi connectivity index (χ2v) is 4.28. The Morgan fingerprint density at radius 1 is 1.56 bits per heavy atom. The summed E-state index contributed by atoms with van der Waals surface area (Å²) in [6.07, 6.45) is 1.71. The molecule has 2 aromatic rings. The fraction of sp³-hybridized carbons (Fsp3) is 0.273. The highest BCUT2D eigenvalue weighted by molar-refractivity contribution is 9.10. The summed E-state index contributed by atoms with van der Waals surface area (Å²) in [6.45, 7) is 2.16. The van der Waals surface area contributed by atoms with Crippen LogP contribution < -0.4 is 0 Å². The largest absolute Gasteiger partial charge is 0.461 e.